The minimum Gasteiger partial charge on any atom is -0.390 e. The highest BCUT2D eigenvalue weighted by Crippen LogP contribution is 2.14. The highest BCUT2D eigenvalue weighted by Gasteiger charge is 2.25. The van der Waals surface area contributed by atoms with E-state index in [-0.39, 0.29) is 6.04 Å². The summed E-state index contributed by atoms with van der Waals surface area (Å²) in [6.07, 6.45) is 2.24. The van der Waals surface area contributed by atoms with Crippen LogP contribution in [0.2, 0.25) is 6.04 Å². The van der Waals surface area contributed by atoms with Crippen molar-refractivity contribution in [3.8, 4) is 0 Å². The second-order valence-corrected chi connectivity index (χ2v) is 6.57. The van der Waals surface area contributed by atoms with Crippen molar-refractivity contribution in [3.63, 3.8) is 0 Å². The Kier molecular flexibility index (Phi) is 4.44. The summed E-state index contributed by atoms with van der Waals surface area (Å²) in [6, 6.07) is 14.2. The third-order valence-electron chi connectivity index (χ3n) is 2.81. The molecule has 2 aromatic rings. The molecule has 0 aromatic heterocycles. The van der Waals surface area contributed by atoms with Crippen LogP contribution in [0.4, 0.5) is 0 Å². The molecule has 100 valence electrons. The lowest BCUT2D eigenvalue weighted by molar-refractivity contribution is 0.227. The number of aliphatic imine (C=N–C) groups is 1. The first kappa shape index (κ1) is 13.9. The highest BCUT2D eigenvalue weighted by molar-refractivity contribution is 6.56. The molecule has 0 unspecified atom stereocenters. The molecule has 0 saturated heterocycles. The van der Waals surface area contributed by atoms with E-state index in [9.17, 15) is 0 Å². The Balaban J connectivity index is 1.94. The molecular weight excluding hydrogens is 258 g/mol. The molecule has 4 nitrogen and oxygen atoms in total. The number of rotatable bonds is 5. The Hall–Kier alpha value is -1.53. The maximum atomic E-state index is 8.85. The summed E-state index contributed by atoms with van der Waals surface area (Å²) in [6.45, 7) is 0.475. The summed E-state index contributed by atoms with van der Waals surface area (Å²) in [4.78, 5) is 30.8. The predicted octanol–water partition coefficient (Wildman–Crippen LogP) is 1.56. The van der Waals surface area contributed by atoms with Crippen molar-refractivity contribution in [2.75, 3.05) is 6.54 Å². The smallest absolute Gasteiger partial charge is 0.390 e. The molecule has 0 fully saturated rings. The van der Waals surface area contributed by atoms with Crippen LogP contribution in [0.25, 0.3) is 10.8 Å². The van der Waals surface area contributed by atoms with Gasteiger partial charge in [0.15, 0.2) is 0 Å². The van der Waals surface area contributed by atoms with Crippen LogP contribution in [0.3, 0.4) is 0 Å². The van der Waals surface area contributed by atoms with E-state index >= 15 is 0 Å². The van der Waals surface area contributed by atoms with Crippen LogP contribution in [0.15, 0.2) is 47.5 Å². The van der Waals surface area contributed by atoms with Crippen LogP contribution in [0.5, 0.6) is 0 Å². The number of nitrogens with zero attached hydrogens (tertiary/aromatic N) is 1. The van der Waals surface area contributed by atoms with Crippen LogP contribution in [0.1, 0.15) is 12.0 Å². The van der Waals surface area contributed by atoms with Crippen molar-refractivity contribution in [3.05, 3.63) is 48.0 Å². The van der Waals surface area contributed by atoms with Crippen molar-refractivity contribution in [1.29, 1.82) is 0 Å². The van der Waals surface area contributed by atoms with E-state index < -0.39 is 8.80 Å². The van der Waals surface area contributed by atoms with E-state index in [0.717, 1.165) is 5.56 Å². The van der Waals surface area contributed by atoms with Gasteiger partial charge in [-0.15, -0.1) is 0 Å². The van der Waals surface area contributed by atoms with E-state index in [1.165, 1.54) is 10.8 Å². The van der Waals surface area contributed by atoms with Crippen LogP contribution in [-0.4, -0.2) is 36.0 Å². The third-order valence-corrected chi connectivity index (χ3v) is 3.84. The molecule has 0 aliphatic heterocycles. The fourth-order valence-electron chi connectivity index (χ4n) is 1.87. The quantitative estimate of drug-likeness (QED) is 0.440. The van der Waals surface area contributed by atoms with Crippen molar-refractivity contribution >= 4 is 25.8 Å². The van der Waals surface area contributed by atoms with Gasteiger partial charge in [-0.2, -0.15) is 0 Å². The average Bonchev–Trinajstić information content (AvgIpc) is 2.37. The maximum Gasteiger partial charge on any atom is 0.492 e. The van der Waals surface area contributed by atoms with Crippen LogP contribution >= 0.6 is 0 Å². The molecular formula is C14H17NO3Si. The summed E-state index contributed by atoms with van der Waals surface area (Å²) in [5.74, 6) is 0. The third kappa shape index (κ3) is 4.57. The molecule has 0 atom stereocenters. The predicted molar refractivity (Wildman–Crippen MR) is 78.2 cm³/mol. The molecule has 3 N–H and O–H groups in total. The standard InChI is InChI=1S/C14H17NO3Si/c16-19(17,18)9-3-8-15-11-12-6-7-13-4-1-2-5-14(13)10-12/h1-2,4-7,10-11,16-18H,3,8-9H2. The molecule has 0 spiro atoms. The topological polar surface area (TPSA) is 73.0 Å². The Labute approximate surface area is 113 Å². The fraction of sp³-hybridized carbons (Fsp3) is 0.214. The molecule has 5 heteroatoms. The van der Waals surface area contributed by atoms with Gasteiger partial charge in [0, 0.05) is 18.8 Å². The molecule has 2 aromatic carbocycles. The van der Waals surface area contributed by atoms with E-state index in [1.807, 2.05) is 24.3 Å². The highest BCUT2D eigenvalue weighted by atomic mass is 28.4. The Bertz CT molecular complexity index is 578. The van der Waals surface area contributed by atoms with Crippen LogP contribution in [-0.2, 0) is 0 Å². The number of hydrogen-bond donors (Lipinski definition) is 3. The summed E-state index contributed by atoms with van der Waals surface area (Å²) < 4.78 is 0. The zero-order valence-corrected chi connectivity index (χ0v) is 11.5. The van der Waals surface area contributed by atoms with Gasteiger partial charge in [-0.05, 0) is 28.8 Å². The van der Waals surface area contributed by atoms with Crippen LogP contribution in [0, 0.1) is 0 Å². The lowest BCUT2D eigenvalue weighted by Crippen LogP contribution is -2.34. The summed E-state index contributed by atoms with van der Waals surface area (Å²) in [7, 11) is -3.90. The second-order valence-electron chi connectivity index (χ2n) is 4.52. The Morgan fingerprint density at radius 1 is 1.00 bits per heavy atom. The van der Waals surface area contributed by atoms with Gasteiger partial charge in [-0.1, -0.05) is 36.4 Å². The summed E-state index contributed by atoms with van der Waals surface area (Å²) >= 11 is 0. The normalized spacial score (nSPS) is 12.4. The van der Waals surface area contributed by atoms with Gasteiger partial charge in [-0.3, -0.25) is 4.99 Å². The maximum absolute atomic E-state index is 8.85. The average molecular weight is 275 g/mol. The first-order valence-corrected chi connectivity index (χ1v) is 8.25. The molecule has 0 heterocycles. The van der Waals surface area contributed by atoms with Gasteiger partial charge in [0.2, 0.25) is 0 Å². The second kappa shape index (κ2) is 6.07. The lowest BCUT2D eigenvalue weighted by atomic mass is 10.1. The van der Waals surface area contributed by atoms with Gasteiger partial charge in [0.1, 0.15) is 0 Å². The molecule has 0 radical (unpaired) electrons. The van der Waals surface area contributed by atoms with Gasteiger partial charge in [0.05, 0.1) is 0 Å². The molecule has 19 heavy (non-hydrogen) atoms. The van der Waals surface area contributed by atoms with Gasteiger partial charge < -0.3 is 14.4 Å². The van der Waals surface area contributed by atoms with Crippen LogP contribution < -0.4 is 0 Å². The lowest BCUT2D eigenvalue weighted by Gasteiger charge is -2.06. The zero-order chi connectivity index (χ0) is 13.7. The van der Waals surface area contributed by atoms with Gasteiger partial charge in [0.25, 0.3) is 0 Å². The van der Waals surface area contributed by atoms with E-state index in [2.05, 4.69) is 23.2 Å². The number of hydrogen-bond acceptors (Lipinski definition) is 4. The summed E-state index contributed by atoms with van der Waals surface area (Å²) in [5.41, 5.74) is 1.01. The van der Waals surface area contributed by atoms with Crippen molar-refractivity contribution < 1.29 is 14.4 Å². The summed E-state index contributed by atoms with van der Waals surface area (Å²) in [5, 5.41) is 2.36. The van der Waals surface area contributed by atoms with Gasteiger partial charge in [-0.25, -0.2) is 0 Å². The molecule has 0 aliphatic rings. The molecule has 0 bridgehead atoms. The number of fused-ring (bicyclic) bond motifs is 1. The largest absolute Gasteiger partial charge is 0.492 e. The molecule has 0 amide bonds. The fourth-order valence-corrected chi connectivity index (χ4v) is 2.50. The van der Waals surface area contributed by atoms with E-state index in [4.69, 9.17) is 14.4 Å². The monoisotopic (exact) mass is 275 g/mol. The zero-order valence-electron chi connectivity index (χ0n) is 10.5. The van der Waals surface area contributed by atoms with Crippen molar-refractivity contribution in [2.24, 2.45) is 4.99 Å². The minimum absolute atomic E-state index is 0.0298. The first-order valence-electron chi connectivity index (χ1n) is 6.20. The SMILES string of the molecule is O[Si](O)(O)CCCN=Cc1ccc2ccccc2c1. The van der Waals surface area contributed by atoms with E-state index in [1.54, 1.807) is 6.21 Å². The Morgan fingerprint density at radius 2 is 1.74 bits per heavy atom. The van der Waals surface area contributed by atoms with E-state index in [0.29, 0.717) is 13.0 Å². The minimum atomic E-state index is -3.90. The molecule has 2 rings (SSSR count). The van der Waals surface area contributed by atoms with Crippen molar-refractivity contribution in [2.45, 2.75) is 12.5 Å². The number of benzene rings is 2. The van der Waals surface area contributed by atoms with Gasteiger partial charge >= 0.3 is 8.80 Å². The van der Waals surface area contributed by atoms with Crippen molar-refractivity contribution in [1.82, 2.24) is 0 Å². The first-order chi connectivity index (χ1) is 9.04. The molecule has 0 aliphatic carbocycles. The Morgan fingerprint density at radius 3 is 2.47 bits per heavy atom. The molecule has 0 saturated carbocycles.